The first-order valence-electron chi connectivity index (χ1n) is 8.86. The SMILES string of the molecule is CCc1ccc(C(=O)O)cc1S(=O)(=O)Cc1cc(C(F)(F)F)ccc1-c1cccs1. The molecule has 0 aliphatic heterocycles. The highest BCUT2D eigenvalue weighted by molar-refractivity contribution is 7.90. The molecule has 0 unspecified atom stereocenters. The number of thiophene rings is 1. The van der Waals surface area contributed by atoms with Gasteiger partial charge >= 0.3 is 12.1 Å². The number of aromatic carboxylic acids is 1. The predicted octanol–water partition coefficient (Wildman–Crippen LogP) is 5.67. The summed E-state index contributed by atoms with van der Waals surface area (Å²) in [4.78, 5) is 11.7. The Balaban J connectivity index is 2.15. The summed E-state index contributed by atoms with van der Waals surface area (Å²) in [6.45, 7) is 1.72. The van der Waals surface area contributed by atoms with E-state index in [2.05, 4.69) is 0 Å². The minimum Gasteiger partial charge on any atom is -0.478 e. The van der Waals surface area contributed by atoms with Gasteiger partial charge in [-0.1, -0.05) is 25.1 Å². The number of hydrogen-bond donors (Lipinski definition) is 1. The zero-order valence-electron chi connectivity index (χ0n) is 15.7. The third-order valence-corrected chi connectivity index (χ3v) is 7.24. The van der Waals surface area contributed by atoms with Crippen LogP contribution in [0.2, 0.25) is 0 Å². The lowest BCUT2D eigenvalue weighted by atomic mass is 10.0. The summed E-state index contributed by atoms with van der Waals surface area (Å²) in [5.41, 5.74) is -0.329. The van der Waals surface area contributed by atoms with E-state index in [-0.39, 0.29) is 16.0 Å². The van der Waals surface area contributed by atoms with Crippen LogP contribution in [0.5, 0.6) is 0 Å². The Labute approximate surface area is 175 Å². The second kappa shape index (κ2) is 8.23. The number of rotatable bonds is 6. The number of carboxylic acids is 1. The van der Waals surface area contributed by atoms with Gasteiger partial charge < -0.3 is 5.11 Å². The summed E-state index contributed by atoms with van der Waals surface area (Å²) in [5, 5.41) is 11.0. The lowest BCUT2D eigenvalue weighted by molar-refractivity contribution is -0.137. The van der Waals surface area contributed by atoms with Gasteiger partial charge in [0.15, 0.2) is 9.84 Å². The molecule has 0 saturated heterocycles. The Morgan fingerprint density at radius 2 is 1.80 bits per heavy atom. The summed E-state index contributed by atoms with van der Waals surface area (Å²) >= 11 is 1.29. The summed E-state index contributed by atoms with van der Waals surface area (Å²) in [6.07, 6.45) is -4.29. The van der Waals surface area contributed by atoms with Crippen molar-refractivity contribution in [2.45, 2.75) is 30.2 Å². The number of alkyl halides is 3. The third-order valence-electron chi connectivity index (χ3n) is 4.59. The molecular weight excluding hydrogens is 437 g/mol. The summed E-state index contributed by atoms with van der Waals surface area (Å²) in [7, 11) is -4.11. The maximum absolute atomic E-state index is 13.2. The molecule has 0 aliphatic carbocycles. The molecule has 2 aromatic carbocycles. The van der Waals surface area contributed by atoms with Gasteiger partial charge in [-0.3, -0.25) is 0 Å². The van der Waals surface area contributed by atoms with Gasteiger partial charge in [0, 0.05) is 4.88 Å². The van der Waals surface area contributed by atoms with Crippen molar-refractivity contribution in [3.8, 4) is 10.4 Å². The number of benzene rings is 2. The number of halogens is 3. The van der Waals surface area contributed by atoms with Crippen molar-refractivity contribution in [3.05, 3.63) is 76.2 Å². The van der Waals surface area contributed by atoms with Crippen LogP contribution in [-0.2, 0) is 28.2 Å². The number of hydrogen-bond acceptors (Lipinski definition) is 4. The van der Waals surface area contributed by atoms with Crippen LogP contribution in [0.25, 0.3) is 10.4 Å². The third kappa shape index (κ3) is 4.57. The topological polar surface area (TPSA) is 71.4 Å². The molecule has 0 radical (unpaired) electrons. The van der Waals surface area contributed by atoms with Gasteiger partial charge in [-0.25, -0.2) is 13.2 Å². The van der Waals surface area contributed by atoms with E-state index in [1.54, 1.807) is 24.4 Å². The van der Waals surface area contributed by atoms with Gasteiger partial charge in [0.25, 0.3) is 0 Å². The van der Waals surface area contributed by atoms with E-state index in [1.807, 2.05) is 0 Å². The first-order valence-corrected chi connectivity index (χ1v) is 11.4. The fraction of sp³-hybridized carbons (Fsp3) is 0.190. The van der Waals surface area contributed by atoms with Crippen LogP contribution in [0.15, 0.2) is 58.8 Å². The minimum atomic E-state index is -4.62. The lowest BCUT2D eigenvalue weighted by Gasteiger charge is -2.15. The molecule has 158 valence electrons. The van der Waals surface area contributed by atoms with E-state index in [1.165, 1.54) is 29.5 Å². The van der Waals surface area contributed by atoms with Crippen LogP contribution in [-0.4, -0.2) is 19.5 Å². The molecule has 0 fully saturated rings. The fourth-order valence-electron chi connectivity index (χ4n) is 3.11. The summed E-state index contributed by atoms with van der Waals surface area (Å²) in [5.74, 6) is -1.97. The number of sulfone groups is 1. The predicted molar refractivity (Wildman–Crippen MR) is 108 cm³/mol. The second-order valence-corrected chi connectivity index (χ2v) is 9.49. The largest absolute Gasteiger partial charge is 0.478 e. The minimum absolute atomic E-state index is 0.00931. The molecule has 0 saturated carbocycles. The van der Waals surface area contributed by atoms with Crippen LogP contribution in [0.1, 0.15) is 34.0 Å². The van der Waals surface area contributed by atoms with Crippen LogP contribution < -0.4 is 0 Å². The van der Waals surface area contributed by atoms with Crippen molar-refractivity contribution in [2.75, 3.05) is 0 Å². The van der Waals surface area contributed by atoms with Crippen molar-refractivity contribution in [2.24, 2.45) is 0 Å². The van der Waals surface area contributed by atoms with Gasteiger partial charge in [-0.15, -0.1) is 11.3 Å². The Morgan fingerprint density at radius 3 is 2.37 bits per heavy atom. The van der Waals surface area contributed by atoms with Gasteiger partial charge in [-0.05, 0) is 58.8 Å². The average molecular weight is 454 g/mol. The second-order valence-electron chi connectivity index (χ2n) is 6.59. The standard InChI is InChI=1S/C21H17F3O4S2/c1-2-13-5-6-14(20(25)26)11-19(13)30(27,28)12-15-10-16(21(22,23)24)7-8-17(15)18-4-3-9-29-18/h3-11H,2,12H2,1H3,(H,25,26). The number of carboxylic acid groups (broad SMARTS) is 1. The van der Waals surface area contributed by atoms with Crippen molar-refractivity contribution in [1.29, 1.82) is 0 Å². The molecule has 0 amide bonds. The molecule has 0 aliphatic rings. The quantitative estimate of drug-likeness (QED) is 0.521. The highest BCUT2D eigenvalue weighted by Gasteiger charge is 2.32. The Bertz CT molecular complexity index is 1180. The maximum Gasteiger partial charge on any atom is 0.416 e. The molecule has 0 atom stereocenters. The number of aryl methyl sites for hydroxylation is 1. The van der Waals surface area contributed by atoms with E-state index >= 15 is 0 Å². The lowest BCUT2D eigenvalue weighted by Crippen LogP contribution is -2.12. The van der Waals surface area contributed by atoms with Gasteiger partial charge in [0.2, 0.25) is 0 Å². The van der Waals surface area contributed by atoms with Crippen LogP contribution >= 0.6 is 11.3 Å². The number of carbonyl (C=O) groups is 1. The van der Waals surface area contributed by atoms with Crippen molar-refractivity contribution in [1.82, 2.24) is 0 Å². The molecule has 0 bridgehead atoms. The first-order chi connectivity index (χ1) is 14.0. The summed E-state index contributed by atoms with van der Waals surface area (Å²) < 4.78 is 66.1. The maximum atomic E-state index is 13.2. The molecule has 1 aromatic heterocycles. The van der Waals surface area contributed by atoms with Crippen molar-refractivity contribution in [3.63, 3.8) is 0 Å². The Hall–Kier alpha value is -2.65. The first kappa shape index (κ1) is 22.0. The molecular formula is C21H17F3O4S2. The van der Waals surface area contributed by atoms with Gasteiger partial charge in [0.1, 0.15) is 0 Å². The van der Waals surface area contributed by atoms with E-state index in [4.69, 9.17) is 0 Å². The van der Waals surface area contributed by atoms with Gasteiger partial charge in [0.05, 0.1) is 21.8 Å². The smallest absolute Gasteiger partial charge is 0.416 e. The molecule has 3 rings (SSSR count). The van der Waals surface area contributed by atoms with E-state index in [0.717, 1.165) is 18.2 Å². The van der Waals surface area contributed by atoms with E-state index in [0.29, 0.717) is 22.4 Å². The fourth-order valence-corrected chi connectivity index (χ4v) is 5.62. The molecule has 1 N–H and O–H groups in total. The molecule has 30 heavy (non-hydrogen) atoms. The summed E-state index contributed by atoms with van der Waals surface area (Å²) in [6, 6.07) is 10.3. The average Bonchev–Trinajstić information content (AvgIpc) is 3.20. The Kier molecular flexibility index (Phi) is 6.05. The van der Waals surface area contributed by atoms with Crippen molar-refractivity contribution < 1.29 is 31.5 Å². The molecule has 3 aromatic rings. The zero-order valence-corrected chi connectivity index (χ0v) is 17.4. The molecule has 9 heteroatoms. The highest BCUT2D eigenvalue weighted by Crippen LogP contribution is 2.36. The van der Waals surface area contributed by atoms with Crippen LogP contribution in [0.3, 0.4) is 0 Å². The van der Waals surface area contributed by atoms with E-state index in [9.17, 15) is 31.5 Å². The zero-order chi connectivity index (χ0) is 22.1. The van der Waals surface area contributed by atoms with Crippen LogP contribution in [0.4, 0.5) is 13.2 Å². The molecule has 4 nitrogen and oxygen atoms in total. The van der Waals surface area contributed by atoms with Gasteiger partial charge in [-0.2, -0.15) is 13.2 Å². The van der Waals surface area contributed by atoms with Crippen molar-refractivity contribution >= 4 is 27.1 Å². The normalized spacial score (nSPS) is 12.1. The monoisotopic (exact) mass is 454 g/mol. The Morgan fingerprint density at radius 1 is 1.07 bits per heavy atom. The van der Waals surface area contributed by atoms with E-state index < -0.39 is 33.3 Å². The molecule has 0 spiro atoms. The highest BCUT2D eigenvalue weighted by atomic mass is 32.2. The van der Waals surface area contributed by atoms with Crippen LogP contribution in [0, 0.1) is 0 Å². The molecule has 1 heterocycles.